The number of nitrogens with zero attached hydrogens (tertiary/aromatic N) is 1. The molecule has 6 rings (SSSR count). The third-order valence-corrected chi connectivity index (χ3v) is 8.47. The Kier molecular flexibility index (Phi) is 5.14. The van der Waals surface area contributed by atoms with Crippen molar-refractivity contribution in [3.8, 4) is 5.75 Å². The van der Waals surface area contributed by atoms with E-state index in [1.54, 1.807) is 30.2 Å². The lowest BCUT2D eigenvalue weighted by Crippen LogP contribution is -2.87. The lowest BCUT2D eigenvalue weighted by atomic mass is 9.93. The Morgan fingerprint density at radius 2 is 2.00 bits per heavy atom. The fourth-order valence-corrected chi connectivity index (χ4v) is 6.77. The average Bonchev–Trinajstić information content (AvgIpc) is 3.43. The molecule has 0 amide bonds. The number of para-hydroxylation sites is 2. The molecule has 0 fully saturated rings. The van der Waals surface area contributed by atoms with E-state index in [0.29, 0.717) is 0 Å². The number of nitrogens with two attached hydrogens (primary N) is 1. The minimum absolute atomic E-state index is 0.281. The number of thiazole rings is 1. The molecule has 0 saturated heterocycles. The van der Waals surface area contributed by atoms with Crippen LogP contribution in [-0.4, -0.2) is 23.6 Å². The molecule has 4 nitrogen and oxygen atoms in total. The van der Waals surface area contributed by atoms with Gasteiger partial charge < -0.3 is 15.0 Å². The summed E-state index contributed by atoms with van der Waals surface area (Å²) in [6, 6.07) is 23.9. The van der Waals surface area contributed by atoms with Crippen LogP contribution in [0.25, 0.3) is 21.1 Å². The summed E-state index contributed by atoms with van der Waals surface area (Å²) < 4.78 is 8.04. The van der Waals surface area contributed by atoms with Crippen LogP contribution in [0.5, 0.6) is 5.75 Å². The van der Waals surface area contributed by atoms with Crippen molar-refractivity contribution in [2.45, 2.75) is 22.6 Å². The van der Waals surface area contributed by atoms with Crippen molar-refractivity contribution in [2.24, 2.45) is 0 Å². The van der Waals surface area contributed by atoms with Gasteiger partial charge in [-0.15, -0.1) is 11.3 Å². The first-order valence-electron chi connectivity index (χ1n) is 10.9. The molecule has 2 aromatic heterocycles. The molecule has 1 atom stereocenters. The van der Waals surface area contributed by atoms with Crippen LogP contribution in [0.4, 0.5) is 0 Å². The molecule has 6 heteroatoms. The third kappa shape index (κ3) is 3.48. The fourth-order valence-electron chi connectivity index (χ4n) is 4.73. The smallest absolute Gasteiger partial charge is 0.153 e. The predicted octanol–water partition coefficient (Wildman–Crippen LogP) is 5.29. The van der Waals surface area contributed by atoms with Gasteiger partial charge in [-0.1, -0.05) is 42.1 Å². The number of methoxy groups -OCH3 is 1. The molecule has 1 aliphatic rings. The number of fused-ring (bicyclic) bond motifs is 4. The SMILES string of the molecule is COc1ccc(C2[NH2+]CCc3c2[nH]c2ccccc32)cc1CSc1nc2ccccc2s1. The highest BCUT2D eigenvalue weighted by atomic mass is 32.2. The number of quaternary nitrogens is 1. The summed E-state index contributed by atoms with van der Waals surface area (Å²) in [6.45, 7) is 1.10. The standard InChI is InChI=1S/C26H23N3OS2/c1-30-22-11-10-16(14-17(22)15-31-26-29-21-8-4-5-9-23(21)32-26)24-25-19(12-13-27-24)18-6-2-3-7-20(18)28-25/h2-11,14,24,27-28H,12-13,15H2,1H3/p+1. The summed E-state index contributed by atoms with van der Waals surface area (Å²) in [6.07, 6.45) is 1.10. The van der Waals surface area contributed by atoms with Crippen molar-refractivity contribution >= 4 is 44.2 Å². The molecular formula is C26H24N3OS2+. The maximum atomic E-state index is 5.70. The highest BCUT2D eigenvalue weighted by Gasteiger charge is 2.29. The lowest BCUT2D eigenvalue weighted by molar-refractivity contribution is -0.690. The van der Waals surface area contributed by atoms with Crippen molar-refractivity contribution in [3.63, 3.8) is 0 Å². The first-order valence-corrected chi connectivity index (χ1v) is 12.7. The van der Waals surface area contributed by atoms with Crippen LogP contribution in [0.15, 0.2) is 71.1 Å². The molecular weight excluding hydrogens is 434 g/mol. The van der Waals surface area contributed by atoms with Crippen LogP contribution in [-0.2, 0) is 12.2 Å². The van der Waals surface area contributed by atoms with Crippen molar-refractivity contribution in [2.75, 3.05) is 13.7 Å². The minimum Gasteiger partial charge on any atom is -0.496 e. The van der Waals surface area contributed by atoms with Gasteiger partial charge in [-0.25, -0.2) is 4.98 Å². The van der Waals surface area contributed by atoms with Gasteiger partial charge in [0.1, 0.15) is 5.75 Å². The molecule has 0 bridgehead atoms. The van der Waals surface area contributed by atoms with Crippen molar-refractivity contribution in [1.29, 1.82) is 0 Å². The zero-order valence-electron chi connectivity index (χ0n) is 17.8. The van der Waals surface area contributed by atoms with Gasteiger partial charge in [-0.2, -0.15) is 0 Å². The van der Waals surface area contributed by atoms with Crippen molar-refractivity contribution < 1.29 is 10.1 Å². The summed E-state index contributed by atoms with van der Waals surface area (Å²) in [5.74, 6) is 1.78. The van der Waals surface area contributed by atoms with E-state index in [0.717, 1.165) is 34.3 Å². The first-order chi connectivity index (χ1) is 15.8. The average molecular weight is 459 g/mol. The van der Waals surface area contributed by atoms with Crippen molar-refractivity contribution in [3.05, 3.63) is 89.1 Å². The van der Waals surface area contributed by atoms with Crippen LogP contribution in [0.1, 0.15) is 28.4 Å². The highest BCUT2D eigenvalue weighted by Crippen LogP contribution is 2.36. The Balaban J connectivity index is 1.32. The summed E-state index contributed by atoms with van der Waals surface area (Å²) in [5.41, 5.74) is 7.65. The molecule has 3 aromatic carbocycles. The topological polar surface area (TPSA) is 54.5 Å². The third-order valence-electron chi connectivity index (χ3n) is 6.24. The molecule has 32 heavy (non-hydrogen) atoms. The Labute approximate surface area is 195 Å². The van der Waals surface area contributed by atoms with E-state index in [9.17, 15) is 0 Å². The van der Waals surface area contributed by atoms with Gasteiger partial charge in [-0.3, -0.25) is 0 Å². The van der Waals surface area contributed by atoms with Crippen LogP contribution in [0, 0.1) is 0 Å². The van der Waals surface area contributed by atoms with E-state index >= 15 is 0 Å². The van der Waals surface area contributed by atoms with Gasteiger partial charge in [0.15, 0.2) is 10.4 Å². The molecule has 160 valence electrons. The largest absolute Gasteiger partial charge is 0.496 e. The lowest BCUT2D eigenvalue weighted by Gasteiger charge is -2.22. The second-order valence-electron chi connectivity index (χ2n) is 8.12. The number of nitrogens with one attached hydrogen (secondary N) is 1. The fraction of sp³-hybridized carbons (Fsp3) is 0.192. The molecule has 3 N–H and O–H groups in total. The number of ether oxygens (including phenoxy) is 1. The Morgan fingerprint density at radius 3 is 2.91 bits per heavy atom. The normalized spacial score (nSPS) is 15.8. The zero-order chi connectivity index (χ0) is 21.5. The van der Waals surface area contributed by atoms with E-state index < -0.39 is 0 Å². The van der Waals surface area contributed by atoms with Crippen LogP contribution in [0.3, 0.4) is 0 Å². The maximum absolute atomic E-state index is 5.70. The van der Waals surface area contributed by atoms with E-state index in [1.807, 2.05) is 6.07 Å². The second-order valence-corrected chi connectivity index (χ2v) is 10.4. The van der Waals surface area contributed by atoms with Gasteiger partial charge >= 0.3 is 0 Å². The number of hydrogen-bond acceptors (Lipinski definition) is 4. The molecule has 0 radical (unpaired) electrons. The number of aromatic amines is 1. The first kappa shape index (κ1) is 19.9. The quantitative estimate of drug-likeness (QED) is 0.352. The molecule has 5 aromatic rings. The highest BCUT2D eigenvalue weighted by molar-refractivity contribution is 8.00. The van der Waals surface area contributed by atoms with Gasteiger partial charge in [0, 0.05) is 34.2 Å². The van der Waals surface area contributed by atoms with E-state index in [2.05, 4.69) is 71.0 Å². The van der Waals surface area contributed by atoms with E-state index in [1.165, 1.54) is 38.0 Å². The number of rotatable bonds is 5. The number of aromatic nitrogens is 2. The monoisotopic (exact) mass is 458 g/mol. The number of H-pyrrole nitrogens is 1. The molecule has 0 spiro atoms. The number of hydrogen-bond donors (Lipinski definition) is 2. The predicted molar refractivity (Wildman–Crippen MR) is 133 cm³/mol. The summed E-state index contributed by atoms with van der Waals surface area (Å²) in [4.78, 5) is 8.49. The van der Waals surface area contributed by atoms with Gasteiger partial charge in [0.2, 0.25) is 0 Å². The van der Waals surface area contributed by atoms with E-state index in [4.69, 9.17) is 9.72 Å². The van der Waals surface area contributed by atoms with Gasteiger partial charge in [0.05, 0.1) is 29.6 Å². The molecule has 3 heterocycles. The summed E-state index contributed by atoms with van der Waals surface area (Å²) in [7, 11) is 1.75. The van der Waals surface area contributed by atoms with Crippen LogP contribution in [0.2, 0.25) is 0 Å². The summed E-state index contributed by atoms with van der Waals surface area (Å²) >= 11 is 3.54. The van der Waals surface area contributed by atoms with Gasteiger partial charge in [-0.05, 0) is 42.0 Å². The van der Waals surface area contributed by atoms with Crippen LogP contribution < -0.4 is 10.1 Å². The molecule has 0 aliphatic carbocycles. The van der Waals surface area contributed by atoms with Gasteiger partial charge in [0.25, 0.3) is 0 Å². The Hall–Kier alpha value is -2.80. The number of thioether (sulfide) groups is 1. The second kappa shape index (κ2) is 8.28. The van der Waals surface area contributed by atoms with E-state index in [-0.39, 0.29) is 6.04 Å². The Bertz CT molecular complexity index is 1390. The Morgan fingerprint density at radius 1 is 1.12 bits per heavy atom. The maximum Gasteiger partial charge on any atom is 0.153 e. The minimum atomic E-state index is 0.281. The van der Waals surface area contributed by atoms with Crippen molar-refractivity contribution in [1.82, 2.24) is 9.97 Å². The molecule has 1 aliphatic heterocycles. The molecule has 0 saturated carbocycles. The summed E-state index contributed by atoms with van der Waals surface area (Å²) in [5, 5.41) is 3.81. The van der Waals surface area contributed by atoms with Crippen LogP contribution >= 0.6 is 23.1 Å². The zero-order valence-corrected chi connectivity index (χ0v) is 19.4. The number of benzene rings is 3. The molecule has 1 unspecified atom stereocenters.